The molecule has 2 unspecified atom stereocenters. The molecule has 0 radical (unpaired) electrons. The second-order valence-corrected chi connectivity index (χ2v) is 4.77. The lowest BCUT2D eigenvalue weighted by molar-refractivity contribution is 0.0706. The fourth-order valence-corrected chi connectivity index (χ4v) is 2.45. The molecule has 1 fully saturated rings. The van der Waals surface area contributed by atoms with Crippen LogP contribution in [0.1, 0.15) is 24.2 Å². The highest BCUT2D eigenvalue weighted by atomic mass is 16.5. The molecule has 0 amide bonds. The summed E-state index contributed by atoms with van der Waals surface area (Å²) in [7, 11) is 1.73. The summed E-state index contributed by atoms with van der Waals surface area (Å²) >= 11 is 0. The van der Waals surface area contributed by atoms with Crippen LogP contribution in [0.5, 0.6) is 0 Å². The van der Waals surface area contributed by atoms with Crippen LogP contribution < -0.4 is 10.6 Å². The van der Waals surface area contributed by atoms with Crippen molar-refractivity contribution in [1.29, 1.82) is 5.26 Å². The number of anilines is 1. The van der Waals surface area contributed by atoms with Gasteiger partial charge in [0.1, 0.15) is 11.8 Å². The van der Waals surface area contributed by atoms with E-state index in [9.17, 15) is 0 Å². The maximum absolute atomic E-state index is 8.98. The Hall–Kier alpha value is -1.71. The van der Waals surface area contributed by atoms with Crippen LogP contribution in [0.2, 0.25) is 0 Å². The predicted octanol–water partition coefficient (Wildman–Crippen LogP) is 0.599. The van der Waals surface area contributed by atoms with Gasteiger partial charge in [0, 0.05) is 31.9 Å². The third-order valence-electron chi connectivity index (χ3n) is 3.49. The number of methoxy groups -OCH3 is 1. The number of nitrogens with two attached hydrogens (primary N) is 1. The first-order chi connectivity index (χ1) is 9.17. The van der Waals surface area contributed by atoms with E-state index in [0.717, 1.165) is 25.1 Å². The summed E-state index contributed by atoms with van der Waals surface area (Å²) in [5.41, 5.74) is 7.03. The molecule has 1 aromatic heterocycles. The standard InChI is InChI=1S/C13H19N5O/c1-9-5-10(7-14)17-13(16-9)18-4-3-12(19-2)6-11(18)8-15/h5,11-12H,3-4,6,8,15H2,1-2H3. The zero-order valence-corrected chi connectivity index (χ0v) is 11.3. The predicted molar refractivity (Wildman–Crippen MR) is 71.7 cm³/mol. The number of hydrogen-bond acceptors (Lipinski definition) is 6. The zero-order valence-electron chi connectivity index (χ0n) is 11.3. The van der Waals surface area contributed by atoms with Crippen LogP contribution in [-0.4, -0.2) is 42.3 Å². The highest BCUT2D eigenvalue weighted by Gasteiger charge is 2.29. The number of aryl methyl sites for hydroxylation is 1. The van der Waals surface area contributed by atoms with Crippen LogP contribution in [0.3, 0.4) is 0 Å². The summed E-state index contributed by atoms with van der Waals surface area (Å²) < 4.78 is 5.40. The van der Waals surface area contributed by atoms with Gasteiger partial charge in [-0.15, -0.1) is 0 Å². The Bertz CT molecular complexity index is 484. The summed E-state index contributed by atoms with van der Waals surface area (Å²) in [6.07, 6.45) is 2.03. The normalized spacial score (nSPS) is 23.2. The van der Waals surface area contributed by atoms with Gasteiger partial charge in [-0.2, -0.15) is 5.26 Å². The minimum absolute atomic E-state index is 0.159. The molecule has 2 N–H and O–H groups in total. The van der Waals surface area contributed by atoms with Gasteiger partial charge in [-0.3, -0.25) is 0 Å². The van der Waals surface area contributed by atoms with Gasteiger partial charge in [0.25, 0.3) is 0 Å². The van der Waals surface area contributed by atoms with Crippen LogP contribution in [-0.2, 0) is 4.74 Å². The van der Waals surface area contributed by atoms with Crippen LogP contribution in [0.15, 0.2) is 6.07 Å². The molecule has 0 spiro atoms. The quantitative estimate of drug-likeness (QED) is 0.857. The highest BCUT2D eigenvalue weighted by molar-refractivity contribution is 5.38. The Morgan fingerprint density at radius 3 is 3.00 bits per heavy atom. The topological polar surface area (TPSA) is 88.1 Å². The van der Waals surface area contributed by atoms with Gasteiger partial charge in [0.15, 0.2) is 0 Å². The van der Waals surface area contributed by atoms with Crippen LogP contribution in [0, 0.1) is 18.3 Å². The molecule has 0 saturated carbocycles. The fourth-order valence-electron chi connectivity index (χ4n) is 2.45. The average Bonchev–Trinajstić information content (AvgIpc) is 2.45. The molecule has 2 atom stereocenters. The lowest BCUT2D eigenvalue weighted by Gasteiger charge is -2.38. The van der Waals surface area contributed by atoms with Gasteiger partial charge in [-0.05, 0) is 25.8 Å². The molecule has 0 aliphatic carbocycles. The van der Waals surface area contributed by atoms with Crippen molar-refractivity contribution in [2.24, 2.45) is 5.73 Å². The van der Waals surface area contributed by atoms with E-state index >= 15 is 0 Å². The number of hydrogen-bond donors (Lipinski definition) is 1. The molecule has 0 aromatic carbocycles. The number of aromatic nitrogens is 2. The second-order valence-electron chi connectivity index (χ2n) is 4.77. The lowest BCUT2D eigenvalue weighted by Crippen LogP contribution is -2.49. The Kier molecular flexibility index (Phi) is 4.30. The molecule has 6 nitrogen and oxygen atoms in total. The summed E-state index contributed by atoms with van der Waals surface area (Å²) in [5.74, 6) is 0.599. The number of nitriles is 1. The van der Waals surface area contributed by atoms with Crippen molar-refractivity contribution in [1.82, 2.24) is 9.97 Å². The molecule has 1 aromatic rings. The van der Waals surface area contributed by atoms with E-state index in [-0.39, 0.29) is 12.1 Å². The Morgan fingerprint density at radius 2 is 2.37 bits per heavy atom. The smallest absolute Gasteiger partial charge is 0.227 e. The third-order valence-corrected chi connectivity index (χ3v) is 3.49. The Morgan fingerprint density at radius 1 is 1.58 bits per heavy atom. The lowest BCUT2D eigenvalue weighted by atomic mass is 10.00. The van der Waals surface area contributed by atoms with Gasteiger partial charge in [-0.25, -0.2) is 9.97 Å². The summed E-state index contributed by atoms with van der Waals surface area (Å²) in [4.78, 5) is 10.8. The van der Waals surface area contributed by atoms with Gasteiger partial charge in [0.05, 0.1) is 6.10 Å². The summed E-state index contributed by atoms with van der Waals surface area (Å²) in [6.45, 7) is 3.19. The number of rotatable bonds is 3. The SMILES string of the molecule is COC1CCN(c2nc(C)cc(C#N)n2)C(CN)C1. The van der Waals surface area contributed by atoms with Crippen molar-refractivity contribution in [2.45, 2.75) is 31.9 Å². The van der Waals surface area contributed by atoms with Crippen molar-refractivity contribution in [2.75, 3.05) is 25.1 Å². The van der Waals surface area contributed by atoms with Gasteiger partial charge in [-0.1, -0.05) is 0 Å². The van der Waals surface area contributed by atoms with E-state index < -0.39 is 0 Å². The number of piperidine rings is 1. The van der Waals surface area contributed by atoms with Crippen molar-refractivity contribution < 1.29 is 4.74 Å². The van der Waals surface area contributed by atoms with E-state index in [4.69, 9.17) is 15.7 Å². The number of ether oxygens (including phenoxy) is 1. The minimum atomic E-state index is 0.159. The summed E-state index contributed by atoms with van der Waals surface area (Å²) in [6, 6.07) is 3.91. The number of nitrogens with zero attached hydrogens (tertiary/aromatic N) is 4. The molecule has 1 aliphatic heterocycles. The van der Waals surface area contributed by atoms with Crippen molar-refractivity contribution >= 4 is 5.95 Å². The molecule has 2 heterocycles. The Labute approximate surface area is 113 Å². The summed E-state index contributed by atoms with van der Waals surface area (Å²) in [5, 5.41) is 8.98. The first kappa shape index (κ1) is 13.7. The van der Waals surface area contributed by atoms with Crippen LogP contribution in [0.25, 0.3) is 0 Å². The van der Waals surface area contributed by atoms with Crippen molar-refractivity contribution in [3.63, 3.8) is 0 Å². The third kappa shape index (κ3) is 3.00. The maximum Gasteiger partial charge on any atom is 0.227 e. The van der Waals surface area contributed by atoms with E-state index in [1.165, 1.54) is 0 Å². The van der Waals surface area contributed by atoms with Gasteiger partial charge in [0.2, 0.25) is 5.95 Å². The van der Waals surface area contributed by atoms with Crippen LogP contribution >= 0.6 is 0 Å². The monoisotopic (exact) mass is 261 g/mol. The first-order valence-electron chi connectivity index (χ1n) is 6.43. The largest absolute Gasteiger partial charge is 0.381 e. The zero-order chi connectivity index (χ0) is 13.8. The molecule has 1 aliphatic rings. The molecule has 0 bridgehead atoms. The molecule has 19 heavy (non-hydrogen) atoms. The van der Waals surface area contributed by atoms with E-state index in [0.29, 0.717) is 18.2 Å². The molecular weight excluding hydrogens is 242 g/mol. The van der Waals surface area contributed by atoms with E-state index in [2.05, 4.69) is 20.9 Å². The van der Waals surface area contributed by atoms with Crippen molar-refractivity contribution in [3.8, 4) is 6.07 Å². The molecule has 2 rings (SSSR count). The second kappa shape index (κ2) is 5.95. The highest BCUT2D eigenvalue weighted by Crippen LogP contribution is 2.23. The van der Waals surface area contributed by atoms with Crippen molar-refractivity contribution in [3.05, 3.63) is 17.5 Å². The average molecular weight is 261 g/mol. The van der Waals surface area contributed by atoms with E-state index in [1.54, 1.807) is 13.2 Å². The molecule has 6 heteroatoms. The fraction of sp³-hybridized carbons (Fsp3) is 0.615. The molecule has 1 saturated heterocycles. The maximum atomic E-state index is 8.98. The Balaban J connectivity index is 2.25. The van der Waals surface area contributed by atoms with E-state index in [1.807, 2.05) is 6.92 Å². The molecule has 102 valence electrons. The first-order valence-corrected chi connectivity index (χ1v) is 6.43. The van der Waals surface area contributed by atoms with Gasteiger partial charge >= 0.3 is 0 Å². The minimum Gasteiger partial charge on any atom is -0.381 e. The van der Waals surface area contributed by atoms with Crippen LogP contribution in [0.4, 0.5) is 5.95 Å². The molecular formula is C13H19N5O. The van der Waals surface area contributed by atoms with Gasteiger partial charge < -0.3 is 15.4 Å².